The van der Waals surface area contributed by atoms with E-state index in [0.29, 0.717) is 10.4 Å². The number of furan rings is 1. The summed E-state index contributed by atoms with van der Waals surface area (Å²) in [5.74, 6) is -2.43. The van der Waals surface area contributed by atoms with Crippen LogP contribution in [0.3, 0.4) is 0 Å². The summed E-state index contributed by atoms with van der Waals surface area (Å²) in [5.41, 5.74) is -1.43. The molecule has 25 heavy (non-hydrogen) atoms. The van der Waals surface area contributed by atoms with Gasteiger partial charge in [-0.25, -0.2) is 21.9 Å². The molecule has 0 fully saturated rings. The molecule has 2 heterocycles. The SMILES string of the molecule is O=S(=O)(NC[C@](O)(c1ccoc1)c1cccs1)c1c(F)cccc1F. The van der Waals surface area contributed by atoms with Gasteiger partial charge in [-0.05, 0) is 29.6 Å². The Hall–Kier alpha value is -2.07. The van der Waals surface area contributed by atoms with E-state index >= 15 is 0 Å². The first-order valence-electron chi connectivity index (χ1n) is 7.07. The van der Waals surface area contributed by atoms with Crippen LogP contribution in [0.4, 0.5) is 8.78 Å². The van der Waals surface area contributed by atoms with Gasteiger partial charge in [-0.2, -0.15) is 0 Å². The molecule has 1 atom stereocenters. The average molecular weight is 385 g/mol. The Labute approximate surface area is 146 Å². The monoisotopic (exact) mass is 385 g/mol. The molecule has 3 rings (SSSR count). The van der Waals surface area contributed by atoms with E-state index in [1.54, 1.807) is 17.5 Å². The van der Waals surface area contributed by atoms with Gasteiger partial charge in [0.25, 0.3) is 0 Å². The maximum atomic E-state index is 13.8. The zero-order chi connectivity index (χ0) is 18.1. The molecule has 9 heteroatoms. The van der Waals surface area contributed by atoms with Gasteiger partial charge in [-0.3, -0.25) is 0 Å². The van der Waals surface area contributed by atoms with Gasteiger partial charge in [0.05, 0.1) is 12.5 Å². The molecule has 0 amide bonds. The van der Waals surface area contributed by atoms with Crippen LogP contribution in [-0.4, -0.2) is 20.1 Å². The molecule has 0 aliphatic heterocycles. The lowest BCUT2D eigenvalue weighted by molar-refractivity contribution is 0.0891. The number of hydrogen-bond donors (Lipinski definition) is 2. The minimum atomic E-state index is -4.52. The molecule has 2 N–H and O–H groups in total. The van der Waals surface area contributed by atoms with E-state index in [0.717, 1.165) is 18.2 Å². The molecule has 1 aromatic carbocycles. The van der Waals surface area contributed by atoms with Crippen molar-refractivity contribution in [3.8, 4) is 0 Å². The fraction of sp³-hybridized carbons (Fsp3) is 0.125. The van der Waals surface area contributed by atoms with Crippen molar-refractivity contribution in [2.45, 2.75) is 10.5 Å². The summed E-state index contributed by atoms with van der Waals surface area (Å²) in [7, 11) is -4.52. The van der Waals surface area contributed by atoms with Crippen LogP contribution in [0.1, 0.15) is 10.4 Å². The number of thiophene rings is 1. The molecule has 3 aromatic rings. The molecule has 0 aliphatic rings. The van der Waals surface area contributed by atoms with Crippen LogP contribution in [0.15, 0.2) is 63.6 Å². The van der Waals surface area contributed by atoms with Gasteiger partial charge in [0, 0.05) is 17.0 Å². The second-order valence-electron chi connectivity index (χ2n) is 5.22. The number of nitrogens with one attached hydrogen (secondary N) is 1. The van der Waals surface area contributed by atoms with E-state index in [2.05, 4.69) is 4.72 Å². The Bertz CT molecular complexity index is 900. The summed E-state index contributed by atoms with van der Waals surface area (Å²) < 4.78 is 59.3. The average Bonchev–Trinajstić information content (AvgIpc) is 3.26. The van der Waals surface area contributed by atoms with Crippen molar-refractivity contribution in [3.63, 3.8) is 0 Å². The summed E-state index contributed by atoms with van der Waals surface area (Å²) in [5, 5.41) is 12.7. The van der Waals surface area contributed by atoms with Crippen LogP contribution in [0, 0.1) is 11.6 Å². The molecular weight excluding hydrogens is 372 g/mol. The van der Waals surface area contributed by atoms with Gasteiger partial charge in [-0.15, -0.1) is 11.3 Å². The quantitative estimate of drug-likeness (QED) is 0.684. The molecule has 0 aliphatic carbocycles. The third-order valence-electron chi connectivity index (χ3n) is 3.63. The molecule has 0 saturated carbocycles. The van der Waals surface area contributed by atoms with E-state index in [1.165, 1.54) is 29.9 Å². The van der Waals surface area contributed by atoms with Crippen LogP contribution in [0.2, 0.25) is 0 Å². The summed E-state index contributed by atoms with van der Waals surface area (Å²) in [6, 6.07) is 7.55. The van der Waals surface area contributed by atoms with Crippen molar-refractivity contribution in [2.24, 2.45) is 0 Å². The van der Waals surface area contributed by atoms with Gasteiger partial charge in [-0.1, -0.05) is 12.1 Å². The fourth-order valence-corrected chi connectivity index (χ4v) is 4.39. The summed E-state index contributed by atoms with van der Waals surface area (Å²) in [6.07, 6.45) is 2.61. The van der Waals surface area contributed by atoms with Gasteiger partial charge in [0.15, 0.2) is 4.90 Å². The Morgan fingerprint density at radius 2 is 1.88 bits per heavy atom. The number of rotatable bonds is 6. The van der Waals surface area contributed by atoms with Crippen LogP contribution in [-0.2, 0) is 15.6 Å². The highest BCUT2D eigenvalue weighted by Gasteiger charge is 2.36. The summed E-state index contributed by atoms with van der Waals surface area (Å²) >= 11 is 1.21. The highest BCUT2D eigenvalue weighted by Crippen LogP contribution is 2.33. The molecule has 0 spiro atoms. The molecular formula is C16H13F2NO4S2. The van der Waals surface area contributed by atoms with E-state index in [4.69, 9.17) is 4.42 Å². The molecule has 2 aromatic heterocycles. The first-order valence-corrected chi connectivity index (χ1v) is 9.43. The van der Waals surface area contributed by atoms with Crippen molar-refractivity contribution < 1.29 is 26.7 Å². The van der Waals surface area contributed by atoms with Crippen LogP contribution < -0.4 is 4.72 Å². The smallest absolute Gasteiger partial charge is 0.246 e. The second-order valence-corrected chi connectivity index (χ2v) is 7.88. The Balaban J connectivity index is 1.95. The highest BCUT2D eigenvalue weighted by molar-refractivity contribution is 7.89. The number of sulfonamides is 1. The lowest BCUT2D eigenvalue weighted by atomic mass is 9.95. The zero-order valence-electron chi connectivity index (χ0n) is 12.6. The van der Waals surface area contributed by atoms with Crippen LogP contribution >= 0.6 is 11.3 Å². The normalized spacial score (nSPS) is 14.4. The van der Waals surface area contributed by atoms with Crippen LogP contribution in [0.25, 0.3) is 0 Å². The minimum Gasteiger partial charge on any atom is -0.472 e. The first kappa shape index (κ1) is 17.7. The van der Waals surface area contributed by atoms with E-state index in [-0.39, 0.29) is 0 Å². The third-order valence-corrected chi connectivity index (χ3v) is 6.11. The van der Waals surface area contributed by atoms with E-state index < -0.39 is 38.7 Å². The molecule has 5 nitrogen and oxygen atoms in total. The van der Waals surface area contributed by atoms with Crippen molar-refractivity contribution >= 4 is 21.4 Å². The van der Waals surface area contributed by atoms with Crippen molar-refractivity contribution in [3.05, 3.63) is 76.4 Å². The molecule has 132 valence electrons. The maximum Gasteiger partial charge on any atom is 0.246 e. The van der Waals surface area contributed by atoms with Crippen molar-refractivity contribution in [1.82, 2.24) is 4.72 Å². The van der Waals surface area contributed by atoms with Crippen LogP contribution in [0.5, 0.6) is 0 Å². The predicted octanol–water partition coefficient (Wildman–Crippen LogP) is 2.83. The molecule has 0 bridgehead atoms. The van der Waals surface area contributed by atoms with Gasteiger partial charge in [0.1, 0.15) is 17.2 Å². The van der Waals surface area contributed by atoms with Gasteiger partial charge >= 0.3 is 0 Å². The first-order chi connectivity index (χ1) is 11.8. The third kappa shape index (κ3) is 3.36. The van der Waals surface area contributed by atoms with Crippen molar-refractivity contribution in [1.29, 1.82) is 0 Å². The standard InChI is InChI=1S/C16H13F2NO4S2/c17-12-3-1-4-13(18)15(12)25(21,22)19-10-16(20,11-6-7-23-9-11)14-5-2-8-24-14/h1-9,19-20H,10H2/t16-/m0/s1. The van der Waals surface area contributed by atoms with Gasteiger partial charge < -0.3 is 9.52 Å². The van der Waals surface area contributed by atoms with Gasteiger partial charge in [0.2, 0.25) is 10.0 Å². The molecule has 0 radical (unpaired) electrons. The van der Waals surface area contributed by atoms with E-state index in [1.807, 2.05) is 0 Å². The fourth-order valence-electron chi connectivity index (χ4n) is 2.36. The summed E-state index contributed by atoms with van der Waals surface area (Å²) in [4.78, 5) is -0.638. The lowest BCUT2D eigenvalue weighted by Gasteiger charge is -2.26. The number of hydrogen-bond acceptors (Lipinski definition) is 5. The minimum absolute atomic E-state index is 0.312. The Morgan fingerprint density at radius 3 is 2.44 bits per heavy atom. The van der Waals surface area contributed by atoms with Crippen molar-refractivity contribution in [2.75, 3.05) is 6.54 Å². The zero-order valence-corrected chi connectivity index (χ0v) is 14.3. The number of halogens is 2. The highest BCUT2D eigenvalue weighted by atomic mass is 32.2. The second kappa shape index (κ2) is 6.68. The predicted molar refractivity (Wildman–Crippen MR) is 87.6 cm³/mol. The Morgan fingerprint density at radius 1 is 1.16 bits per heavy atom. The summed E-state index contributed by atoms with van der Waals surface area (Å²) in [6.45, 7) is -0.525. The number of benzene rings is 1. The maximum absolute atomic E-state index is 13.8. The Kier molecular flexibility index (Phi) is 4.74. The topological polar surface area (TPSA) is 79.5 Å². The molecule has 0 saturated heterocycles. The number of aliphatic hydroxyl groups is 1. The largest absolute Gasteiger partial charge is 0.472 e. The molecule has 0 unspecified atom stereocenters. The van der Waals surface area contributed by atoms with E-state index in [9.17, 15) is 22.3 Å². The lowest BCUT2D eigenvalue weighted by Crippen LogP contribution is -2.41.